The Kier molecular flexibility index (Phi) is 3.58. The Morgan fingerprint density at radius 1 is 1.53 bits per heavy atom. The average molecular weight is 344 g/mol. The van der Waals surface area contributed by atoms with Crippen LogP contribution in [0.2, 0.25) is 0 Å². The predicted octanol–water partition coefficient (Wildman–Crippen LogP) is 3.72. The number of alkyl halides is 1. The molecule has 1 aliphatic rings. The molecule has 5 heteroatoms. The molecule has 0 aliphatic carbocycles. The lowest BCUT2D eigenvalue weighted by Crippen LogP contribution is -2.32. The number of ether oxygens (including phenoxy) is 1. The first-order chi connectivity index (χ1) is 9.14. The van der Waals surface area contributed by atoms with Gasteiger partial charge in [-0.05, 0) is 31.5 Å². The highest BCUT2D eigenvalue weighted by Crippen LogP contribution is 2.33. The molecule has 1 saturated heterocycles. The third-order valence-electron chi connectivity index (χ3n) is 3.74. The van der Waals surface area contributed by atoms with E-state index in [9.17, 15) is 0 Å². The van der Waals surface area contributed by atoms with E-state index in [1.807, 2.05) is 0 Å². The molecule has 0 spiro atoms. The second kappa shape index (κ2) is 5.08. The number of halogens is 2. The van der Waals surface area contributed by atoms with Crippen LogP contribution >= 0.6 is 27.5 Å². The Morgan fingerprint density at radius 2 is 2.37 bits per heavy atom. The standard InChI is InChI=1S/C14H16BrClN2O/c1-14(5-7-19-9-14)18-12-3-2-10(15)8-11(12)17-13(18)4-6-16/h2-3,8H,4-7,9H2,1H3. The Balaban J connectivity index is 2.21. The first-order valence-electron chi connectivity index (χ1n) is 6.45. The van der Waals surface area contributed by atoms with Crippen molar-refractivity contribution in [3.8, 4) is 0 Å². The smallest absolute Gasteiger partial charge is 0.111 e. The lowest BCUT2D eigenvalue weighted by molar-refractivity contribution is 0.162. The number of nitrogens with zero attached hydrogens (tertiary/aromatic N) is 2. The van der Waals surface area contributed by atoms with E-state index >= 15 is 0 Å². The number of aromatic nitrogens is 2. The van der Waals surface area contributed by atoms with Gasteiger partial charge >= 0.3 is 0 Å². The van der Waals surface area contributed by atoms with E-state index in [4.69, 9.17) is 21.3 Å². The Bertz CT molecular complexity index is 605. The lowest BCUT2D eigenvalue weighted by atomic mass is 10.0. The van der Waals surface area contributed by atoms with E-state index in [0.717, 1.165) is 47.4 Å². The van der Waals surface area contributed by atoms with E-state index in [1.54, 1.807) is 0 Å². The topological polar surface area (TPSA) is 27.1 Å². The molecule has 102 valence electrons. The van der Waals surface area contributed by atoms with Gasteiger partial charge in [-0.2, -0.15) is 0 Å². The highest BCUT2D eigenvalue weighted by atomic mass is 79.9. The molecule has 0 radical (unpaired) electrons. The maximum atomic E-state index is 5.93. The summed E-state index contributed by atoms with van der Waals surface area (Å²) in [5.41, 5.74) is 2.17. The van der Waals surface area contributed by atoms with Crippen LogP contribution in [0.5, 0.6) is 0 Å². The number of hydrogen-bond acceptors (Lipinski definition) is 2. The van der Waals surface area contributed by atoms with Crippen molar-refractivity contribution in [2.75, 3.05) is 19.1 Å². The normalized spacial score (nSPS) is 23.3. The third-order valence-corrected chi connectivity index (χ3v) is 4.42. The molecule has 1 aromatic heterocycles. The fourth-order valence-corrected chi connectivity index (χ4v) is 3.31. The van der Waals surface area contributed by atoms with Gasteiger partial charge in [0.2, 0.25) is 0 Å². The molecule has 1 fully saturated rings. The summed E-state index contributed by atoms with van der Waals surface area (Å²) in [6, 6.07) is 6.24. The van der Waals surface area contributed by atoms with E-state index < -0.39 is 0 Å². The van der Waals surface area contributed by atoms with Gasteiger partial charge in [0, 0.05) is 23.4 Å². The molecule has 0 saturated carbocycles. The molecule has 2 heterocycles. The Hall–Kier alpha value is -0.580. The number of aryl methyl sites for hydroxylation is 1. The van der Waals surface area contributed by atoms with E-state index in [1.165, 1.54) is 0 Å². The van der Waals surface area contributed by atoms with Gasteiger partial charge in [0.25, 0.3) is 0 Å². The predicted molar refractivity (Wildman–Crippen MR) is 80.9 cm³/mol. The minimum absolute atomic E-state index is 0.00995. The highest BCUT2D eigenvalue weighted by molar-refractivity contribution is 9.10. The van der Waals surface area contributed by atoms with Crippen molar-refractivity contribution in [2.24, 2.45) is 0 Å². The quantitative estimate of drug-likeness (QED) is 0.794. The highest BCUT2D eigenvalue weighted by Gasteiger charge is 2.34. The van der Waals surface area contributed by atoms with E-state index in [0.29, 0.717) is 5.88 Å². The summed E-state index contributed by atoms with van der Waals surface area (Å²) in [6.07, 6.45) is 1.80. The number of hydrogen-bond donors (Lipinski definition) is 0. The summed E-state index contributed by atoms with van der Waals surface area (Å²) in [4.78, 5) is 4.75. The molecule has 3 nitrogen and oxygen atoms in total. The monoisotopic (exact) mass is 342 g/mol. The number of rotatable bonds is 3. The van der Waals surface area contributed by atoms with Crippen LogP contribution in [-0.2, 0) is 16.7 Å². The second-order valence-corrected chi connectivity index (χ2v) is 6.53. The molecule has 1 unspecified atom stereocenters. The van der Waals surface area contributed by atoms with Crippen molar-refractivity contribution in [2.45, 2.75) is 25.3 Å². The second-order valence-electron chi connectivity index (χ2n) is 5.23. The molecule has 0 amide bonds. The Morgan fingerprint density at radius 3 is 3.05 bits per heavy atom. The van der Waals surface area contributed by atoms with Gasteiger partial charge in [0.05, 0.1) is 23.2 Å². The van der Waals surface area contributed by atoms with Crippen LogP contribution in [0.3, 0.4) is 0 Å². The van der Waals surface area contributed by atoms with Crippen LogP contribution in [-0.4, -0.2) is 28.6 Å². The fourth-order valence-electron chi connectivity index (χ4n) is 2.79. The van der Waals surface area contributed by atoms with Crippen molar-refractivity contribution in [3.63, 3.8) is 0 Å². The largest absolute Gasteiger partial charge is 0.379 e. The van der Waals surface area contributed by atoms with Gasteiger partial charge in [0.15, 0.2) is 0 Å². The molecule has 1 atom stereocenters. The number of benzene rings is 1. The van der Waals surface area contributed by atoms with Gasteiger partial charge < -0.3 is 9.30 Å². The molecule has 3 rings (SSSR count). The van der Waals surface area contributed by atoms with Crippen LogP contribution in [0.25, 0.3) is 11.0 Å². The van der Waals surface area contributed by atoms with E-state index in [-0.39, 0.29) is 5.54 Å². The van der Waals surface area contributed by atoms with Crippen LogP contribution in [0.4, 0.5) is 0 Å². The minimum Gasteiger partial charge on any atom is -0.379 e. The van der Waals surface area contributed by atoms with Crippen LogP contribution in [0.1, 0.15) is 19.2 Å². The molecule has 2 aromatic rings. The summed E-state index contributed by atoms with van der Waals surface area (Å²) in [5.74, 6) is 1.64. The average Bonchev–Trinajstić information content (AvgIpc) is 2.93. The minimum atomic E-state index is -0.00995. The molecule has 19 heavy (non-hydrogen) atoms. The van der Waals surface area contributed by atoms with Crippen molar-refractivity contribution < 1.29 is 4.74 Å². The van der Waals surface area contributed by atoms with Gasteiger partial charge in [-0.25, -0.2) is 4.98 Å². The number of fused-ring (bicyclic) bond motifs is 1. The summed E-state index contributed by atoms with van der Waals surface area (Å²) < 4.78 is 8.97. The zero-order chi connectivity index (χ0) is 13.5. The molecule has 1 aliphatic heterocycles. The van der Waals surface area contributed by atoms with Gasteiger partial charge in [-0.1, -0.05) is 15.9 Å². The van der Waals surface area contributed by atoms with E-state index in [2.05, 4.69) is 45.6 Å². The first-order valence-corrected chi connectivity index (χ1v) is 7.78. The SMILES string of the molecule is CC1(n2c(CCCl)nc3cc(Br)ccc32)CCOC1. The molecular formula is C14H16BrClN2O. The van der Waals surface area contributed by atoms with Crippen molar-refractivity contribution in [3.05, 3.63) is 28.5 Å². The van der Waals surface area contributed by atoms with Crippen LogP contribution in [0.15, 0.2) is 22.7 Å². The van der Waals surface area contributed by atoms with Gasteiger partial charge in [-0.3, -0.25) is 0 Å². The van der Waals surface area contributed by atoms with Gasteiger partial charge in [-0.15, -0.1) is 11.6 Å². The van der Waals surface area contributed by atoms with Crippen molar-refractivity contribution >= 4 is 38.6 Å². The summed E-state index contributed by atoms with van der Waals surface area (Å²) in [5, 5.41) is 0. The summed E-state index contributed by atoms with van der Waals surface area (Å²) in [6.45, 7) is 3.79. The fraction of sp³-hybridized carbons (Fsp3) is 0.500. The Labute approximate surface area is 126 Å². The van der Waals surface area contributed by atoms with Crippen LogP contribution < -0.4 is 0 Å². The summed E-state index contributed by atoms with van der Waals surface area (Å²) in [7, 11) is 0. The molecule has 0 N–H and O–H groups in total. The summed E-state index contributed by atoms with van der Waals surface area (Å²) >= 11 is 9.43. The van der Waals surface area contributed by atoms with Crippen molar-refractivity contribution in [1.29, 1.82) is 0 Å². The van der Waals surface area contributed by atoms with Crippen LogP contribution in [0, 0.1) is 0 Å². The maximum absolute atomic E-state index is 5.93. The first kappa shape index (κ1) is 13.4. The van der Waals surface area contributed by atoms with Gasteiger partial charge in [0.1, 0.15) is 5.82 Å². The molecule has 0 bridgehead atoms. The zero-order valence-corrected chi connectivity index (χ0v) is 13.2. The number of imidazole rings is 1. The van der Waals surface area contributed by atoms with Crippen molar-refractivity contribution in [1.82, 2.24) is 9.55 Å². The third kappa shape index (κ3) is 2.30. The molecule has 1 aromatic carbocycles. The lowest BCUT2D eigenvalue weighted by Gasteiger charge is -2.27. The molecular weight excluding hydrogens is 328 g/mol. The zero-order valence-electron chi connectivity index (χ0n) is 10.8. The maximum Gasteiger partial charge on any atom is 0.111 e.